The molecule has 4 nitrogen and oxygen atoms in total. The topological polar surface area (TPSA) is 44.4 Å². The summed E-state index contributed by atoms with van der Waals surface area (Å²) >= 11 is 0. The molecular formula is C12H25Cl2N3O. The lowest BCUT2D eigenvalue weighted by Crippen LogP contribution is -2.41. The summed E-state index contributed by atoms with van der Waals surface area (Å²) in [5, 5.41) is 6.34. The molecule has 108 valence electrons. The minimum Gasteiger partial charge on any atom is -0.355 e. The third-order valence-electron chi connectivity index (χ3n) is 3.64. The Bertz CT molecular complexity index is 243. The van der Waals surface area contributed by atoms with Crippen LogP contribution >= 0.6 is 24.8 Å². The molecule has 0 aromatic rings. The predicted molar refractivity (Wildman–Crippen MR) is 78.8 cm³/mol. The minimum absolute atomic E-state index is 0. The molecule has 0 aromatic carbocycles. The van der Waals surface area contributed by atoms with E-state index in [1.807, 2.05) is 0 Å². The maximum absolute atomic E-state index is 11.8. The number of hydrogen-bond acceptors (Lipinski definition) is 3. The van der Waals surface area contributed by atoms with Gasteiger partial charge in [0.1, 0.15) is 0 Å². The van der Waals surface area contributed by atoms with E-state index in [1.165, 1.54) is 12.8 Å². The highest BCUT2D eigenvalue weighted by atomic mass is 35.5. The van der Waals surface area contributed by atoms with Crippen LogP contribution in [0.1, 0.15) is 25.7 Å². The number of hydrogen-bond donors (Lipinski definition) is 2. The Balaban J connectivity index is 0.00000144. The fraction of sp³-hybridized carbons (Fsp3) is 0.917. The predicted octanol–water partition coefficient (Wildman–Crippen LogP) is 1.04. The van der Waals surface area contributed by atoms with Crippen molar-refractivity contribution in [3.8, 4) is 0 Å². The van der Waals surface area contributed by atoms with E-state index < -0.39 is 0 Å². The first kappa shape index (κ1) is 18.0. The van der Waals surface area contributed by atoms with Crippen LogP contribution in [0.2, 0.25) is 0 Å². The first-order valence-electron chi connectivity index (χ1n) is 6.46. The highest BCUT2D eigenvalue weighted by molar-refractivity contribution is 5.85. The smallest absolute Gasteiger partial charge is 0.223 e. The molecule has 0 unspecified atom stereocenters. The maximum atomic E-state index is 11.8. The van der Waals surface area contributed by atoms with Gasteiger partial charge in [0.05, 0.1) is 0 Å². The van der Waals surface area contributed by atoms with Crippen LogP contribution in [-0.4, -0.2) is 50.1 Å². The highest BCUT2D eigenvalue weighted by Gasteiger charge is 2.26. The number of amides is 1. The Labute approximate surface area is 122 Å². The van der Waals surface area contributed by atoms with Crippen molar-refractivity contribution in [1.82, 2.24) is 15.5 Å². The van der Waals surface area contributed by atoms with Gasteiger partial charge in [0.25, 0.3) is 0 Å². The molecule has 0 radical (unpaired) electrons. The van der Waals surface area contributed by atoms with Crippen molar-refractivity contribution in [3.63, 3.8) is 0 Å². The zero-order valence-corrected chi connectivity index (χ0v) is 12.6. The molecule has 1 aliphatic heterocycles. The summed E-state index contributed by atoms with van der Waals surface area (Å²) in [6.45, 7) is 3.76. The third-order valence-corrected chi connectivity index (χ3v) is 3.64. The molecule has 0 atom stereocenters. The largest absolute Gasteiger partial charge is 0.355 e. The number of rotatable bonds is 5. The van der Waals surface area contributed by atoms with Gasteiger partial charge in [-0.1, -0.05) is 0 Å². The Hall–Kier alpha value is -0.0300. The molecule has 0 spiro atoms. The van der Waals surface area contributed by atoms with Crippen LogP contribution in [0.5, 0.6) is 0 Å². The standard InChI is InChI=1S/C12H23N3O.2ClH/c1-15(11-2-3-11)9-8-14-12(16)10-4-6-13-7-5-10;;/h10-11,13H,2-9H2,1H3,(H,14,16);2*1H. The van der Waals surface area contributed by atoms with Crippen LogP contribution in [0.3, 0.4) is 0 Å². The van der Waals surface area contributed by atoms with Crippen molar-refractivity contribution in [3.05, 3.63) is 0 Å². The summed E-state index contributed by atoms with van der Waals surface area (Å²) in [6, 6.07) is 0.788. The first-order valence-corrected chi connectivity index (χ1v) is 6.46. The fourth-order valence-electron chi connectivity index (χ4n) is 2.28. The first-order chi connectivity index (χ1) is 7.77. The van der Waals surface area contributed by atoms with E-state index in [9.17, 15) is 4.79 Å². The van der Waals surface area contributed by atoms with Crippen LogP contribution in [0.25, 0.3) is 0 Å². The van der Waals surface area contributed by atoms with E-state index in [0.717, 1.165) is 45.1 Å². The number of nitrogens with one attached hydrogen (secondary N) is 2. The quantitative estimate of drug-likeness (QED) is 0.797. The Kier molecular flexibility index (Phi) is 8.95. The van der Waals surface area contributed by atoms with E-state index in [1.54, 1.807) is 0 Å². The van der Waals surface area contributed by atoms with Gasteiger partial charge in [-0.25, -0.2) is 0 Å². The summed E-state index contributed by atoms with van der Waals surface area (Å²) in [6.07, 6.45) is 4.64. The molecule has 6 heteroatoms. The van der Waals surface area contributed by atoms with Gasteiger partial charge in [0.15, 0.2) is 0 Å². The highest BCUT2D eigenvalue weighted by Crippen LogP contribution is 2.24. The van der Waals surface area contributed by atoms with Crippen LogP contribution in [-0.2, 0) is 4.79 Å². The second-order valence-electron chi connectivity index (χ2n) is 5.03. The Morgan fingerprint density at radius 2 is 1.83 bits per heavy atom. The normalized spacial score (nSPS) is 19.9. The molecule has 1 amide bonds. The van der Waals surface area contributed by atoms with Crippen LogP contribution in [0.4, 0.5) is 0 Å². The zero-order chi connectivity index (χ0) is 11.4. The number of carbonyl (C=O) groups is 1. The van der Waals surface area contributed by atoms with Gasteiger partial charge >= 0.3 is 0 Å². The molecule has 1 saturated heterocycles. The molecule has 2 fully saturated rings. The summed E-state index contributed by atoms with van der Waals surface area (Å²) < 4.78 is 0. The third kappa shape index (κ3) is 5.74. The Morgan fingerprint density at radius 3 is 2.39 bits per heavy atom. The maximum Gasteiger partial charge on any atom is 0.223 e. The van der Waals surface area contributed by atoms with Crippen molar-refractivity contribution in [1.29, 1.82) is 0 Å². The van der Waals surface area contributed by atoms with Crippen LogP contribution in [0.15, 0.2) is 0 Å². The van der Waals surface area contributed by atoms with Crippen LogP contribution in [0, 0.1) is 5.92 Å². The summed E-state index contributed by atoms with van der Waals surface area (Å²) in [4.78, 5) is 14.2. The lowest BCUT2D eigenvalue weighted by Gasteiger charge is -2.22. The van der Waals surface area contributed by atoms with Crippen molar-refractivity contribution in [2.45, 2.75) is 31.7 Å². The lowest BCUT2D eigenvalue weighted by molar-refractivity contribution is -0.125. The zero-order valence-electron chi connectivity index (χ0n) is 11.0. The van der Waals surface area contributed by atoms with E-state index in [0.29, 0.717) is 0 Å². The van der Waals surface area contributed by atoms with E-state index in [-0.39, 0.29) is 36.6 Å². The van der Waals surface area contributed by atoms with E-state index in [4.69, 9.17) is 0 Å². The SMILES string of the molecule is CN(CCNC(=O)C1CCNCC1)C1CC1.Cl.Cl. The average molecular weight is 298 g/mol. The molecular weight excluding hydrogens is 273 g/mol. The second-order valence-corrected chi connectivity index (χ2v) is 5.03. The molecule has 1 aliphatic carbocycles. The van der Waals surface area contributed by atoms with Crippen molar-refractivity contribution < 1.29 is 4.79 Å². The van der Waals surface area contributed by atoms with Crippen molar-refractivity contribution in [2.24, 2.45) is 5.92 Å². The van der Waals surface area contributed by atoms with Gasteiger partial charge < -0.3 is 15.5 Å². The van der Waals surface area contributed by atoms with Gasteiger partial charge in [-0.05, 0) is 45.8 Å². The fourth-order valence-corrected chi connectivity index (χ4v) is 2.28. The van der Waals surface area contributed by atoms with Crippen molar-refractivity contribution >= 4 is 30.7 Å². The summed E-state index contributed by atoms with van der Waals surface area (Å²) in [7, 11) is 2.15. The molecule has 1 saturated carbocycles. The van der Waals surface area contributed by atoms with Crippen molar-refractivity contribution in [2.75, 3.05) is 33.2 Å². The van der Waals surface area contributed by atoms with E-state index >= 15 is 0 Å². The molecule has 2 rings (SSSR count). The number of piperidine rings is 1. The minimum atomic E-state index is 0. The number of nitrogens with zero attached hydrogens (tertiary/aromatic N) is 1. The lowest BCUT2D eigenvalue weighted by atomic mass is 9.97. The number of likely N-dealkylation sites (N-methyl/N-ethyl adjacent to an activating group) is 1. The van der Waals surface area contributed by atoms with Gasteiger partial charge in [-0.3, -0.25) is 4.79 Å². The van der Waals surface area contributed by atoms with Gasteiger partial charge in [0, 0.05) is 25.0 Å². The second kappa shape index (κ2) is 8.97. The number of carbonyl (C=O) groups excluding carboxylic acids is 1. The molecule has 0 aromatic heterocycles. The van der Waals surface area contributed by atoms with Gasteiger partial charge in [-0.15, -0.1) is 24.8 Å². The molecule has 1 heterocycles. The summed E-state index contributed by atoms with van der Waals surface area (Å²) in [5.74, 6) is 0.498. The Morgan fingerprint density at radius 1 is 1.22 bits per heavy atom. The average Bonchev–Trinajstić information content (AvgIpc) is 3.14. The summed E-state index contributed by atoms with van der Waals surface area (Å²) in [5.41, 5.74) is 0. The monoisotopic (exact) mass is 297 g/mol. The molecule has 2 N–H and O–H groups in total. The molecule has 18 heavy (non-hydrogen) atoms. The number of halogens is 2. The molecule has 0 bridgehead atoms. The van der Waals surface area contributed by atoms with Crippen LogP contribution < -0.4 is 10.6 Å². The molecule has 2 aliphatic rings. The van der Waals surface area contributed by atoms with E-state index in [2.05, 4.69) is 22.6 Å². The van der Waals surface area contributed by atoms with Gasteiger partial charge in [-0.2, -0.15) is 0 Å². The van der Waals surface area contributed by atoms with Gasteiger partial charge in [0.2, 0.25) is 5.91 Å².